The van der Waals surface area contributed by atoms with Crippen molar-refractivity contribution in [2.45, 2.75) is 5.75 Å². The lowest BCUT2D eigenvalue weighted by atomic mass is 10.1. The predicted molar refractivity (Wildman–Crippen MR) is 69.6 cm³/mol. The lowest BCUT2D eigenvalue weighted by molar-refractivity contribution is -0.137. The number of carbonyl (C=O) groups is 2. The number of hydrogen-bond donors (Lipinski definition) is 1. The van der Waals surface area contributed by atoms with Gasteiger partial charge in [0.15, 0.2) is 9.84 Å². The van der Waals surface area contributed by atoms with Crippen molar-refractivity contribution in [1.82, 2.24) is 4.90 Å². The lowest BCUT2D eigenvalue weighted by Crippen LogP contribution is -2.31. The Bertz CT molecular complexity index is 577. The number of amides is 1. The van der Waals surface area contributed by atoms with Gasteiger partial charge >= 0.3 is 5.97 Å². The van der Waals surface area contributed by atoms with Crippen LogP contribution in [0, 0.1) is 0 Å². The quantitative estimate of drug-likeness (QED) is 0.844. The van der Waals surface area contributed by atoms with Gasteiger partial charge < -0.3 is 10.0 Å². The van der Waals surface area contributed by atoms with Crippen molar-refractivity contribution < 1.29 is 23.1 Å². The average molecular weight is 285 g/mol. The summed E-state index contributed by atoms with van der Waals surface area (Å²) in [6.45, 7) is -0.385. The van der Waals surface area contributed by atoms with E-state index in [1.165, 1.54) is 19.2 Å². The standard InChI is InChI=1S/C12H15NO5S/c1-13(7-11(14)15)12(16)10-5-3-9(4-6-10)8-19(2,17)18/h3-6H,7-8H2,1-2H3,(H,14,15). The summed E-state index contributed by atoms with van der Waals surface area (Å²) in [5.41, 5.74) is 0.904. The first-order valence-electron chi connectivity index (χ1n) is 5.43. The second-order valence-corrected chi connectivity index (χ2v) is 6.46. The molecule has 0 atom stereocenters. The van der Waals surface area contributed by atoms with E-state index in [2.05, 4.69) is 0 Å². The van der Waals surface area contributed by atoms with E-state index in [1.54, 1.807) is 12.1 Å². The van der Waals surface area contributed by atoms with Crippen molar-refractivity contribution in [3.05, 3.63) is 35.4 Å². The molecule has 0 aliphatic carbocycles. The van der Waals surface area contributed by atoms with E-state index in [-0.39, 0.29) is 12.3 Å². The minimum absolute atomic E-state index is 0.0908. The van der Waals surface area contributed by atoms with Crippen LogP contribution in [0.1, 0.15) is 15.9 Å². The summed E-state index contributed by atoms with van der Waals surface area (Å²) in [7, 11) is -1.73. The minimum atomic E-state index is -3.12. The molecule has 0 fully saturated rings. The Morgan fingerprint density at radius 3 is 2.16 bits per heavy atom. The van der Waals surface area contributed by atoms with Gasteiger partial charge in [-0.25, -0.2) is 8.42 Å². The molecule has 19 heavy (non-hydrogen) atoms. The Morgan fingerprint density at radius 1 is 1.21 bits per heavy atom. The number of likely N-dealkylation sites (N-methyl/N-ethyl adjacent to an activating group) is 1. The van der Waals surface area contributed by atoms with Crippen LogP contribution in [0.5, 0.6) is 0 Å². The van der Waals surface area contributed by atoms with Gasteiger partial charge in [0.05, 0.1) is 5.75 Å². The highest BCUT2D eigenvalue weighted by molar-refractivity contribution is 7.89. The van der Waals surface area contributed by atoms with E-state index in [0.717, 1.165) is 11.2 Å². The normalized spacial score (nSPS) is 11.1. The van der Waals surface area contributed by atoms with Crippen LogP contribution in [0.25, 0.3) is 0 Å². The Morgan fingerprint density at radius 2 is 1.74 bits per heavy atom. The molecule has 0 heterocycles. The van der Waals surface area contributed by atoms with E-state index < -0.39 is 21.7 Å². The van der Waals surface area contributed by atoms with E-state index in [9.17, 15) is 18.0 Å². The van der Waals surface area contributed by atoms with Crippen LogP contribution < -0.4 is 0 Å². The number of carboxylic acid groups (broad SMARTS) is 1. The van der Waals surface area contributed by atoms with Gasteiger partial charge in [-0.2, -0.15) is 0 Å². The predicted octanol–water partition coefficient (Wildman–Crippen LogP) is 0.388. The fourth-order valence-electron chi connectivity index (χ4n) is 1.54. The molecule has 104 valence electrons. The third kappa shape index (κ3) is 5.09. The number of rotatable bonds is 5. The molecular weight excluding hydrogens is 270 g/mol. The van der Waals surface area contributed by atoms with E-state index in [1.807, 2.05) is 0 Å². The first kappa shape index (κ1) is 15.2. The Hall–Kier alpha value is -1.89. The van der Waals surface area contributed by atoms with Crippen molar-refractivity contribution in [1.29, 1.82) is 0 Å². The molecule has 0 aliphatic heterocycles. The van der Waals surface area contributed by atoms with Crippen molar-refractivity contribution in [3.8, 4) is 0 Å². The minimum Gasteiger partial charge on any atom is -0.480 e. The average Bonchev–Trinajstić information content (AvgIpc) is 2.26. The summed E-state index contributed by atoms with van der Waals surface area (Å²) in [6.07, 6.45) is 1.13. The number of benzene rings is 1. The number of hydrogen-bond acceptors (Lipinski definition) is 4. The smallest absolute Gasteiger partial charge is 0.323 e. The SMILES string of the molecule is CN(CC(=O)O)C(=O)c1ccc(CS(C)(=O)=O)cc1. The summed E-state index contributed by atoms with van der Waals surface area (Å²) in [4.78, 5) is 23.4. The Kier molecular flexibility index (Phi) is 4.66. The number of carbonyl (C=O) groups excluding carboxylic acids is 1. The maximum Gasteiger partial charge on any atom is 0.323 e. The van der Waals surface area contributed by atoms with E-state index >= 15 is 0 Å². The highest BCUT2D eigenvalue weighted by Crippen LogP contribution is 2.09. The van der Waals surface area contributed by atoms with Gasteiger partial charge in [0.2, 0.25) is 0 Å². The third-order valence-electron chi connectivity index (χ3n) is 2.35. The summed E-state index contributed by atoms with van der Waals surface area (Å²) < 4.78 is 22.2. The highest BCUT2D eigenvalue weighted by atomic mass is 32.2. The van der Waals surface area contributed by atoms with Gasteiger partial charge in [0.25, 0.3) is 5.91 Å². The maximum atomic E-state index is 11.8. The molecule has 0 unspecified atom stereocenters. The molecule has 0 bridgehead atoms. The molecule has 0 radical (unpaired) electrons. The maximum absolute atomic E-state index is 11.8. The van der Waals surface area contributed by atoms with Crippen molar-refractivity contribution in [2.24, 2.45) is 0 Å². The van der Waals surface area contributed by atoms with E-state index in [0.29, 0.717) is 11.1 Å². The fourth-order valence-corrected chi connectivity index (χ4v) is 2.34. The number of carboxylic acids is 1. The molecule has 0 aliphatic rings. The molecule has 7 heteroatoms. The van der Waals surface area contributed by atoms with Gasteiger partial charge in [-0.1, -0.05) is 12.1 Å². The lowest BCUT2D eigenvalue weighted by Gasteiger charge is -2.14. The summed E-state index contributed by atoms with van der Waals surface area (Å²) in [5, 5.41) is 8.59. The van der Waals surface area contributed by atoms with Crippen molar-refractivity contribution in [2.75, 3.05) is 19.8 Å². The van der Waals surface area contributed by atoms with Crippen LogP contribution in [0.2, 0.25) is 0 Å². The number of nitrogens with zero attached hydrogens (tertiary/aromatic N) is 1. The molecule has 1 aromatic rings. The van der Waals surface area contributed by atoms with Crippen LogP contribution in [-0.2, 0) is 20.4 Å². The van der Waals surface area contributed by atoms with Gasteiger partial charge in [-0.15, -0.1) is 0 Å². The first-order valence-corrected chi connectivity index (χ1v) is 7.49. The van der Waals surface area contributed by atoms with E-state index in [4.69, 9.17) is 5.11 Å². The zero-order valence-corrected chi connectivity index (χ0v) is 11.5. The largest absolute Gasteiger partial charge is 0.480 e. The van der Waals surface area contributed by atoms with Crippen LogP contribution in [0.4, 0.5) is 0 Å². The molecule has 1 amide bonds. The molecule has 1 aromatic carbocycles. The van der Waals surface area contributed by atoms with Gasteiger partial charge in [-0.05, 0) is 17.7 Å². The van der Waals surface area contributed by atoms with Crippen LogP contribution in [0.15, 0.2) is 24.3 Å². The Balaban J connectivity index is 2.81. The van der Waals surface area contributed by atoms with Crippen molar-refractivity contribution in [3.63, 3.8) is 0 Å². The monoisotopic (exact) mass is 285 g/mol. The molecule has 0 saturated carbocycles. The summed E-state index contributed by atoms with van der Waals surface area (Å²) >= 11 is 0. The molecule has 0 aromatic heterocycles. The number of aliphatic carboxylic acids is 1. The molecule has 1 N–H and O–H groups in total. The molecular formula is C12H15NO5S. The summed E-state index contributed by atoms with van der Waals surface area (Å²) in [5.74, 6) is -1.61. The Labute approximate surface area is 111 Å². The van der Waals surface area contributed by atoms with Crippen LogP contribution in [-0.4, -0.2) is 50.1 Å². The summed E-state index contributed by atoms with van der Waals surface area (Å²) in [6, 6.07) is 6.06. The zero-order valence-electron chi connectivity index (χ0n) is 10.7. The second kappa shape index (κ2) is 5.83. The first-order chi connectivity index (χ1) is 8.69. The van der Waals surface area contributed by atoms with Crippen molar-refractivity contribution >= 4 is 21.7 Å². The fraction of sp³-hybridized carbons (Fsp3) is 0.333. The van der Waals surface area contributed by atoms with Gasteiger partial charge in [0, 0.05) is 18.9 Å². The van der Waals surface area contributed by atoms with Crippen LogP contribution in [0.3, 0.4) is 0 Å². The molecule has 0 saturated heterocycles. The zero-order chi connectivity index (χ0) is 14.6. The van der Waals surface area contributed by atoms with Gasteiger partial charge in [-0.3, -0.25) is 9.59 Å². The molecule has 0 spiro atoms. The third-order valence-corrected chi connectivity index (χ3v) is 3.21. The topological polar surface area (TPSA) is 91.8 Å². The van der Waals surface area contributed by atoms with Gasteiger partial charge in [0.1, 0.15) is 6.54 Å². The highest BCUT2D eigenvalue weighted by Gasteiger charge is 2.14. The molecule has 6 nitrogen and oxygen atoms in total. The number of sulfone groups is 1. The van der Waals surface area contributed by atoms with Crippen LogP contribution >= 0.6 is 0 Å². The molecule has 1 rings (SSSR count). The second-order valence-electron chi connectivity index (χ2n) is 4.32.